The van der Waals surface area contributed by atoms with Gasteiger partial charge >= 0.3 is 6.03 Å². The number of carbonyl (C=O) groups excluding carboxylic acids is 3. The van der Waals surface area contributed by atoms with Gasteiger partial charge in [-0.1, -0.05) is 42.5 Å². The summed E-state index contributed by atoms with van der Waals surface area (Å²) in [6, 6.07) is 16.2. The largest absolute Gasteiger partial charge is 0.322 e. The van der Waals surface area contributed by atoms with Crippen LogP contribution in [0, 0.1) is 6.92 Å². The summed E-state index contributed by atoms with van der Waals surface area (Å²) in [5, 5.41) is 5.02. The molecule has 1 heterocycles. The van der Waals surface area contributed by atoms with E-state index in [-0.39, 0.29) is 18.7 Å². The molecule has 0 saturated carbocycles. The first-order chi connectivity index (χ1) is 13.0. The molecule has 2 aromatic carbocycles. The average molecular weight is 365 g/mol. The average Bonchev–Trinajstić information content (AvgIpc) is 2.96. The molecule has 4 amide bonds. The highest BCUT2D eigenvalue weighted by Crippen LogP contribution is 2.30. The van der Waals surface area contributed by atoms with E-state index in [0.29, 0.717) is 12.1 Å². The summed E-state index contributed by atoms with van der Waals surface area (Å²) in [5.41, 5.74) is 1.35. The topological polar surface area (TPSA) is 78.5 Å². The molecular weight excluding hydrogens is 342 g/mol. The fraction of sp³-hybridized carbons (Fsp3) is 0.286. The Morgan fingerprint density at radius 3 is 2.41 bits per heavy atom. The number of rotatable bonds is 6. The van der Waals surface area contributed by atoms with Gasteiger partial charge in [0.1, 0.15) is 5.54 Å². The monoisotopic (exact) mass is 365 g/mol. The van der Waals surface area contributed by atoms with E-state index in [1.54, 1.807) is 17.0 Å². The van der Waals surface area contributed by atoms with Crippen molar-refractivity contribution >= 4 is 23.5 Å². The maximum atomic E-state index is 12.9. The van der Waals surface area contributed by atoms with Crippen LogP contribution < -0.4 is 15.5 Å². The van der Waals surface area contributed by atoms with E-state index < -0.39 is 17.5 Å². The van der Waals surface area contributed by atoms with Crippen molar-refractivity contribution < 1.29 is 14.4 Å². The number of anilines is 1. The number of urea groups is 1. The van der Waals surface area contributed by atoms with Crippen molar-refractivity contribution in [3.05, 3.63) is 65.7 Å². The molecule has 2 aromatic rings. The van der Waals surface area contributed by atoms with Crippen molar-refractivity contribution in [2.45, 2.75) is 32.2 Å². The predicted octanol–water partition coefficient (Wildman–Crippen LogP) is 2.86. The Morgan fingerprint density at radius 2 is 1.81 bits per heavy atom. The second kappa shape index (κ2) is 7.61. The summed E-state index contributed by atoms with van der Waals surface area (Å²) in [4.78, 5) is 38.9. The van der Waals surface area contributed by atoms with E-state index in [0.717, 1.165) is 11.3 Å². The molecule has 140 valence electrons. The fourth-order valence-corrected chi connectivity index (χ4v) is 3.47. The fourth-order valence-electron chi connectivity index (χ4n) is 3.47. The van der Waals surface area contributed by atoms with Gasteiger partial charge in [0.2, 0.25) is 5.91 Å². The van der Waals surface area contributed by atoms with Gasteiger partial charge in [-0.05, 0) is 43.5 Å². The number of hydrogen-bond donors (Lipinski definition) is 2. The lowest BCUT2D eigenvalue weighted by Crippen LogP contribution is -2.45. The minimum atomic E-state index is -1.22. The standard InChI is InChI=1S/C21H23N3O3/c1-3-24(17-11-7-8-15(2)14-17)18(25)12-13-21(16-9-5-4-6-10-16)19(26)22-20(27)23-21/h4-11,14H,3,12-13H2,1-2H3,(H2,22,23,26,27). The van der Waals surface area contributed by atoms with Crippen molar-refractivity contribution in [2.75, 3.05) is 11.4 Å². The van der Waals surface area contributed by atoms with E-state index in [1.165, 1.54) is 0 Å². The van der Waals surface area contributed by atoms with E-state index in [4.69, 9.17) is 0 Å². The van der Waals surface area contributed by atoms with E-state index in [2.05, 4.69) is 10.6 Å². The second-order valence-electron chi connectivity index (χ2n) is 6.66. The van der Waals surface area contributed by atoms with Crippen LogP contribution in [0.25, 0.3) is 0 Å². The molecule has 1 unspecified atom stereocenters. The molecule has 6 heteroatoms. The minimum absolute atomic E-state index is 0.0904. The third-order valence-electron chi connectivity index (χ3n) is 4.85. The Hall–Kier alpha value is -3.15. The quantitative estimate of drug-likeness (QED) is 0.773. The molecule has 0 aliphatic carbocycles. The zero-order valence-electron chi connectivity index (χ0n) is 15.5. The third-order valence-corrected chi connectivity index (χ3v) is 4.85. The van der Waals surface area contributed by atoms with Crippen molar-refractivity contribution in [1.82, 2.24) is 10.6 Å². The molecule has 0 spiro atoms. The molecule has 0 bridgehead atoms. The number of hydrogen-bond acceptors (Lipinski definition) is 3. The van der Waals surface area contributed by atoms with Crippen molar-refractivity contribution in [3.63, 3.8) is 0 Å². The van der Waals surface area contributed by atoms with Crippen LogP contribution in [0.3, 0.4) is 0 Å². The number of imide groups is 1. The second-order valence-corrected chi connectivity index (χ2v) is 6.66. The lowest BCUT2D eigenvalue weighted by molar-refractivity contribution is -0.125. The minimum Gasteiger partial charge on any atom is -0.319 e. The molecule has 3 rings (SSSR count). The highest BCUT2D eigenvalue weighted by atomic mass is 16.2. The summed E-state index contributed by atoms with van der Waals surface area (Å²) in [7, 11) is 0. The van der Waals surface area contributed by atoms with Gasteiger partial charge in [-0.15, -0.1) is 0 Å². The first-order valence-corrected chi connectivity index (χ1v) is 9.02. The van der Waals surface area contributed by atoms with E-state index in [1.807, 2.05) is 56.3 Å². The number of benzene rings is 2. The van der Waals surface area contributed by atoms with Crippen LogP contribution in [-0.4, -0.2) is 24.4 Å². The summed E-state index contributed by atoms with van der Waals surface area (Å²) < 4.78 is 0. The van der Waals surface area contributed by atoms with Crippen molar-refractivity contribution in [3.8, 4) is 0 Å². The zero-order chi connectivity index (χ0) is 19.4. The zero-order valence-corrected chi connectivity index (χ0v) is 15.5. The molecule has 1 atom stereocenters. The van der Waals surface area contributed by atoms with Gasteiger partial charge in [0, 0.05) is 18.7 Å². The summed E-state index contributed by atoms with van der Waals surface area (Å²) in [6.45, 7) is 4.42. The lowest BCUT2D eigenvalue weighted by atomic mass is 9.85. The maximum absolute atomic E-state index is 12.9. The van der Waals surface area contributed by atoms with Crippen LogP contribution in [0.5, 0.6) is 0 Å². The van der Waals surface area contributed by atoms with Gasteiger partial charge in [-0.3, -0.25) is 14.9 Å². The molecule has 2 N–H and O–H groups in total. The van der Waals surface area contributed by atoms with Crippen LogP contribution in [-0.2, 0) is 15.1 Å². The van der Waals surface area contributed by atoms with E-state index >= 15 is 0 Å². The van der Waals surface area contributed by atoms with E-state index in [9.17, 15) is 14.4 Å². The Labute approximate surface area is 158 Å². The smallest absolute Gasteiger partial charge is 0.319 e. The van der Waals surface area contributed by atoms with Gasteiger partial charge in [0.15, 0.2) is 0 Å². The SMILES string of the molecule is CCN(C(=O)CCC1(c2ccccc2)NC(=O)NC1=O)c1cccc(C)c1. The Bertz CT molecular complexity index is 866. The van der Waals surface area contributed by atoms with Crippen LogP contribution >= 0.6 is 0 Å². The number of amides is 4. The summed E-state index contributed by atoms with van der Waals surface area (Å²) in [6.07, 6.45) is 0.320. The highest BCUT2D eigenvalue weighted by molar-refractivity contribution is 6.07. The Morgan fingerprint density at radius 1 is 1.07 bits per heavy atom. The molecule has 1 aliphatic heterocycles. The highest BCUT2D eigenvalue weighted by Gasteiger charge is 2.47. The molecule has 1 saturated heterocycles. The van der Waals surface area contributed by atoms with Crippen molar-refractivity contribution in [1.29, 1.82) is 0 Å². The molecule has 1 aliphatic rings. The van der Waals surface area contributed by atoms with Crippen LogP contribution in [0.2, 0.25) is 0 Å². The number of nitrogens with zero attached hydrogens (tertiary/aromatic N) is 1. The number of nitrogens with one attached hydrogen (secondary N) is 2. The molecule has 0 radical (unpaired) electrons. The van der Waals surface area contributed by atoms with Gasteiger partial charge in [0.05, 0.1) is 0 Å². The molecule has 0 aromatic heterocycles. The normalized spacial score (nSPS) is 18.7. The summed E-state index contributed by atoms with van der Waals surface area (Å²) >= 11 is 0. The Balaban J connectivity index is 1.82. The first kappa shape index (κ1) is 18.6. The predicted molar refractivity (Wildman–Crippen MR) is 103 cm³/mol. The van der Waals surface area contributed by atoms with Crippen LogP contribution in [0.15, 0.2) is 54.6 Å². The molecule has 1 fully saturated rings. The molecule has 27 heavy (non-hydrogen) atoms. The summed E-state index contributed by atoms with van der Waals surface area (Å²) in [5.74, 6) is -0.516. The van der Waals surface area contributed by atoms with Gasteiger partial charge in [0.25, 0.3) is 5.91 Å². The third kappa shape index (κ3) is 3.69. The van der Waals surface area contributed by atoms with Crippen molar-refractivity contribution in [2.24, 2.45) is 0 Å². The Kier molecular flexibility index (Phi) is 5.26. The maximum Gasteiger partial charge on any atom is 0.322 e. The molecular formula is C21H23N3O3. The van der Waals surface area contributed by atoms with Crippen LogP contribution in [0.4, 0.5) is 10.5 Å². The van der Waals surface area contributed by atoms with Crippen LogP contribution in [0.1, 0.15) is 30.9 Å². The number of carbonyl (C=O) groups is 3. The van der Waals surface area contributed by atoms with Gasteiger partial charge < -0.3 is 10.2 Å². The lowest BCUT2D eigenvalue weighted by Gasteiger charge is -2.28. The first-order valence-electron chi connectivity index (χ1n) is 9.02. The molecule has 6 nitrogen and oxygen atoms in total. The number of aryl methyl sites for hydroxylation is 1. The van der Waals surface area contributed by atoms with Gasteiger partial charge in [-0.25, -0.2) is 4.79 Å². The van der Waals surface area contributed by atoms with Gasteiger partial charge in [-0.2, -0.15) is 0 Å².